The van der Waals surface area contributed by atoms with Crippen molar-refractivity contribution in [1.29, 1.82) is 0 Å². The maximum absolute atomic E-state index is 12.5. The van der Waals surface area contributed by atoms with Crippen LogP contribution >= 0.6 is 0 Å². The fourth-order valence-corrected chi connectivity index (χ4v) is 3.89. The highest BCUT2D eigenvalue weighted by Crippen LogP contribution is 2.23. The molecule has 31 heavy (non-hydrogen) atoms. The molecule has 0 aliphatic heterocycles. The summed E-state index contributed by atoms with van der Waals surface area (Å²) in [6.07, 6.45) is 2.53. The summed E-state index contributed by atoms with van der Waals surface area (Å²) in [5.74, 6) is 1.21. The summed E-state index contributed by atoms with van der Waals surface area (Å²) in [5.41, 5.74) is 3.52. The SMILES string of the molecule is COc1ccc(N([C@@H](C)C(=O)N/N=C\c2ccc(OCC(C)C)cc2)S(C)(=O)=O)cc1. The number of nitrogens with one attached hydrogen (secondary N) is 1. The van der Waals surface area contributed by atoms with Gasteiger partial charge in [0, 0.05) is 0 Å². The van der Waals surface area contributed by atoms with E-state index >= 15 is 0 Å². The molecule has 0 aliphatic carbocycles. The minimum absolute atomic E-state index is 0.354. The number of hydrogen-bond acceptors (Lipinski definition) is 6. The number of carbonyl (C=O) groups is 1. The minimum Gasteiger partial charge on any atom is -0.497 e. The maximum atomic E-state index is 12.5. The summed E-state index contributed by atoms with van der Waals surface area (Å²) >= 11 is 0. The molecule has 2 aromatic rings. The maximum Gasteiger partial charge on any atom is 0.263 e. The topological polar surface area (TPSA) is 97.3 Å². The number of rotatable bonds is 10. The lowest BCUT2D eigenvalue weighted by molar-refractivity contribution is -0.121. The number of ether oxygens (including phenoxy) is 2. The summed E-state index contributed by atoms with van der Waals surface area (Å²) in [6.45, 7) is 6.28. The van der Waals surface area contributed by atoms with Gasteiger partial charge >= 0.3 is 0 Å². The summed E-state index contributed by atoms with van der Waals surface area (Å²) in [6, 6.07) is 12.7. The molecule has 0 saturated carbocycles. The molecule has 0 unspecified atom stereocenters. The van der Waals surface area contributed by atoms with Crippen LogP contribution in [-0.4, -0.2) is 46.6 Å². The van der Waals surface area contributed by atoms with Crippen molar-refractivity contribution >= 4 is 27.8 Å². The van der Waals surface area contributed by atoms with Crippen LogP contribution in [0.1, 0.15) is 26.3 Å². The largest absolute Gasteiger partial charge is 0.497 e. The highest BCUT2D eigenvalue weighted by atomic mass is 32.2. The van der Waals surface area contributed by atoms with Crippen molar-refractivity contribution < 1.29 is 22.7 Å². The molecule has 0 fully saturated rings. The quantitative estimate of drug-likeness (QED) is 0.446. The first kappa shape index (κ1) is 24.2. The fraction of sp³-hybridized carbons (Fsp3) is 0.364. The van der Waals surface area contributed by atoms with Gasteiger partial charge in [-0.25, -0.2) is 13.8 Å². The molecule has 0 saturated heterocycles. The molecule has 0 spiro atoms. The van der Waals surface area contributed by atoms with Gasteiger partial charge in [-0.1, -0.05) is 13.8 Å². The van der Waals surface area contributed by atoms with E-state index in [1.54, 1.807) is 24.3 Å². The number of hydrazone groups is 1. The molecule has 168 valence electrons. The van der Waals surface area contributed by atoms with Gasteiger partial charge in [-0.3, -0.25) is 9.10 Å². The van der Waals surface area contributed by atoms with Crippen molar-refractivity contribution in [3.63, 3.8) is 0 Å². The molecule has 0 heterocycles. The second-order valence-electron chi connectivity index (χ2n) is 7.44. The van der Waals surface area contributed by atoms with Gasteiger partial charge < -0.3 is 9.47 Å². The average Bonchev–Trinajstić information content (AvgIpc) is 2.72. The third-order valence-electron chi connectivity index (χ3n) is 4.27. The summed E-state index contributed by atoms with van der Waals surface area (Å²) < 4.78 is 36.4. The lowest BCUT2D eigenvalue weighted by Crippen LogP contribution is -2.46. The average molecular weight is 448 g/mol. The molecular formula is C22H29N3O5S. The Morgan fingerprint density at radius 3 is 2.16 bits per heavy atom. The zero-order chi connectivity index (χ0) is 23.0. The third kappa shape index (κ3) is 7.29. The zero-order valence-corrected chi connectivity index (χ0v) is 19.2. The predicted octanol–water partition coefficient (Wildman–Crippen LogP) is 3.03. The van der Waals surface area contributed by atoms with E-state index in [9.17, 15) is 13.2 Å². The molecule has 1 amide bonds. The Bertz CT molecular complexity index is 987. The van der Waals surface area contributed by atoms with Crippen LogP contribution in [-0.2, 0) is 14.8 Å². The molecule has 0 bridgehead atoms. The van der Waals surface area contributed by atoms with Gasteiger partial charge in [-0.2, -0.15) is 5.10 Å². The summed E-state index contributed by atoms with van der Waals surface area (Å²) in [7, 11) is -2.19. The lowest BCUT2D eigenvalue weighted by atomic mass is 10.2. The standard InChI is InChI=1S/C22H29N3O5S/c1-16(2)15-30-21-10-6-18(7-11-21)14-23-24-22(26)17(3)25(31(5,27)28)19-8-12-20(29-4)13-9-19/h6-14,16-17H,15H2,1-5H3,(H,24,26)/b23-14-/t17-/m0/s1. The van der Waals surface area contributed by atoms with E-state index in [4.69, 9.17) is 9.47 Å². The molecule has 9 heteroatoms. The van der Waals surface area contributed by atoms with Crippen LogP contribution in [0.2, 0.25) is 0 Å². The van der Waals surface area contributed by atoms with Crippen LogP contribution in [0.5, 0.6) is 11.5 Å². The predicted molar refractivity (Wildman–Crippen MR) is 122 cm³/mol. The Labute approximate surface area is 183 Å². The van der Waals surface area contributed by atoms with Crippen molar-refractivity contribution in [2.45, 2.75) is 26.8 Å². The highest BCUT2D eigenvalue weighted by molar-refractivity contribution is 7.92. The van der Waals surface area contributed by atoms with E-state index in [-0.39, 0.29) is 0 Å². The molecule has 1 N–H and O–H groups in total. The Kier molecular flexibility index (Phi) is 8.44. The number of methoxy groups -OCH3 is 1. The lowest BCUT2D eigenvalue weighted by Gasteiger charge is -2.27. The molecule has 0 radical (unpaired) electrons. The molecule has 2 aromatic carbocycles. The Hall–Kier alpha value is -3.07. The number of anilines is 1. The molecule has 0 aliphatic rings. The van der Waals surface area contributed by atoms with Crippen LogP contribution in [0.15, 0.2) is 53.6 Å². The normalized spacial score (nSPS) is 12.6. The second-order valence-corrected chi connectivity index (χ2v) is 9.30. The Morgan fingerprint density at radius 1 is 1.06 bits per heavy atom. The van der Waals surface area contributed by atoms with E-state index in [0.29, 0.717) is 24.0 Å². The van der Waals surface area contributed by atoms with E-state index < -0.39 is 22.0 Å². The number of nitrogens with zero attached hydrogens (tertiary/aromatic N) is 2. The smallest absolute Gasteiger partial charge is 0.263 e. The number of sulfonamides is 1. The van der Waals surface area contributed by atoms with Crippen molar-refractivity contribution in [2.75, 3.05) is 24.3 Å². The van der Waals surface area contributed by atoms with Crippen molar-refractivity contribution in [3.05, 3.63) is 54.1 Å². The molecule has 8 nitrogen and oxygen atoms in total. The van der Waals surface area contributed by atoms with Gasteiger partial charge in [0.05, 0.1) is 31.9 Å². The van der Waals surface area contributed by atoms with E-state index in [1.165, 1.54) is 20.2 Å². The molecular weight excluding hydrogens is 418 g/mol. The monoisotopic (exact) mass is 447 g/mol. The summed E-state index contributed by atoms with van der Waals surface area (Å²) in [5, 5.41) is 3.95. The first-order chi connectivity index (χ1) is 14.6. The van der Waals surface area contributed by atoms with Crippen molar-refractivity contribution in [2.24, 2.45) is 11.0 Å². The Morgan fingerprint density at radius 2 is 1.65 bits per heavy atom. The van der Waals surface area contributed by atoms with Gasteiger partial charge in [0.25, 0.3) is 5.91 Å². The van der Waals surface area contributed by atoms with E-state index in [1.807, 2.05) is 24.3 Å². The van der Waals surface area contributed by atoms with Crippen LogP contribution in [0.3, 0.4) is 0 Å². The van der Waals surface area contributed by atoms with Crippen LogP contribution in [0, 0.1) is 5.92 Å². The van der Waals surface area contributed by atoms with Crippen LogP contribution in [0.4, 0.5) is 5.69 Å². The number of hydrogen-bond donors (Lipinski definition) is 1. The zero-order valence-electron chi connectivity index (χ0n) is 18.4. The molecule has 2 rings (SSSR count). The van der Waals surface area contributed by atoms with Crippen LogP contribution < -0.4 is 19.2 Å². The molecule has 1 atom stereocenters. The van der Waals surface area contributed by atoms with Crippen molar-refractivity contribution in [1.82, 2.24) is 5.43 Å². The van der Waals surface area contributed by atoms with Gasteiger partial charge in [-0.15, -0.1) is 0 Å². The van der Waals surface area contributed by atoms with E-state index in [0.717, 1.165) is 21.9 Å². The highest BCUT2D eigenvalue weighted by Gasteiger charge is 2.29. The minimum atomic E-state index is -3.71. The molecule has 0 aromatic heterocycles. The van der Waals surface area contributed by atoms with Gasteiger partial charge in [0.1, 0.15) is 17.5 Å². The number of benzene rings is 2. The first-order valence-electron chi connectivity index (χ1n) is 9.81. The fourth-order valence-electron chi connectivity index (χ4n) is 2.71. The Balaban J connectivity index is 2.04. The van der Waals surface area contributed by atoms with Crippen LogP contribution in [0.25, 0.3) is 0 Å². The van der Waals surface area contributed by atoms with E-state index in [2.05, 4.69) is 24.4 Å². The van der Waals surface area contributed by atoms with Gasteiger partial charge in [-0.05, 0) is 66.9 Å². The first-order valence-corrected chi connectivity index (χ1v) is 11.7. The van der Waals surface area contributed by atoms with Gasteiger partial charge in [0.15, 0.2) is 0 Å². The summed E-state index contributed by atoms with van der Waals surface area (Å²) in [4.78, 5) is 12.5. The number of amides is 1. The second kappa shape index (κ2) is 10.8. The van der Waals surface area contributed by atoms with Gasteiger partial charge in [0.2, 0.25) is 10.0 Å². The van der Waals surface area contributed by atoms with Crippen molar-refractivity contribution in [3.8, 4) is 11.5 Å². The third-order valence-corrected chi connectivity index (χ3v) is 5.51. The number of carbonyl (C=O) groups excluding carboxylic acids is 1.